The number of aliphatic hydroxyl groups is 1. The van der Waals surface area contributed by atoms with E-state index in [0.29, 0.717) is 11.1 Å². The van der Waals surface area contributed by atoms with E-state index in [1.54, 1.807) is 31.2 Å². The van der Waals surface area contributed by atoms with Gasteiger partial charge in [-0.3, -0.25) is 4.79 Å². The molecule has 0 aliphatic rings. The number of aliphatic hydroxyl groups excluding tert-OH is 1. The first kappa shape index (κ1) is 8.74. The van der Waals surface area contributed by atoms with Crippen molar-refractivity contribution >= 4 is 5.91 Å². The van der Waals surface area contributed by atoms with Crippen LogP contribution in [0.4, 0.5) is 0 Å². The van der Waals surface area contributed by atoms with Crippen molar-refractivity contribution in [3.63, 3.8) is 0 Å². The first-order valence-corrected chi connectivity index (χ1v) is 3.69. The van der Waals surface area contributed by atoms with Crippen LogP contribution in [0, 0.1) is 0 Å². The lowest BCUT2D eigenvalue weighted by molar-refractivity contribution is 0.1000. The van der Waals surface area contributed by atoms with Gasteiger partial charge in [0.1, 0.15) is 0 Å². The number of primary amides is 1. The Labute approximate surface area is 70.8 Å². The standard InChI is InChI=1S/C9H11NO2/c1-6(11)7-3-2-4-8(5-7)9(10)12/h2-6,11H,1H3,(H2,10,12)/t6-/m0/s1. The van der Waals surface area contributed by atoms with Gasteiger partial charge in [0, 0.05) is 5.56 Å². The molecule has 12 heavy (non-hydrogen) atoms. The first-order chi connectivity index (χ1) is 5.61. The summed E-state index contributed by atoms with van der Waals surface area (Å²) in [6, 6.07) is 6.65. The van der Waals surface area contributed by atoms with E-state index in [1.165, 1.54) is 0 Å². The van der Waals surface area contributed by atoms with Gasteiger partial charge in [-0.2, -0.15) is 0 Å². The largest absolute Gasteiger partial charge is 0.389 e. The molecule has 0 aliphatic carbocycles. The molecule has 0 fully saturated rings. The molecule has 3 N–H and O–H groups in total. The highest BCUT2D eigenvalue weighted by molar-refractivity contribution is 5.92. The Bertz CT molecular complexity index is 294. The highest BCUT2D eigenvalue weighted by atomic mass is 16.3. The van der Waals surface area contributed by atoms with Crippen LogP contribution in [0.5, 0.6) is 0 Å². The number of benzene rings is 1. The maximum Gasteiger partial charge on any atom is 0.248 e. The topological polar surface area (TPSA) is 63.3 Å². The molecular formula is C9H11NO2. The number of carbonyl (C=O) groups excluding carboxylic acids is 1. The third kappa shape index (κ3) is 1.83. The summed E-state index contributed by atoms with van der Waals surface area (Å²) < 4.78 is 0. The van der Waals surface area contributed by atoms with Gasteiger partial charge in [0.2, 0.25) is 5.91 Å². The first-order valence-electron chi connectivity index (χ1n) is 3.69. The molecule has 64 valence electrons. The van der Waals surface area contributed by atoms with Crippen LogP contribution in [0.3, 0.4) is 0 Å². The van der Waals surface area contributed by atoms with E-state index in [2.05, 4.69) is 0 Å². The van der Waals surface area contributed by atoms with Crippen molar-refractivity contribution in [1.29, 1.82) is 0 Å². The van der Waals surface area contributed by atoms with Crippen molar-refractivity contribution in [3.8, 4) is 0 Å². The third-order valence-corrected chi connectivity index (χ3v) is 1.65. The Balaban J connectivity index is 3.04. The molecule has 3 nitrogen and oxygen atoms in total. The number of carbonyl (C=O) groups is 1. The molecule has 0 saturated carbocycles. The minimum Gasteiger partial charge on any atom is -0.389 e. The lowest BCUT2D eigenvalue weighted by atomic mass is 10.1. The van der Waals surface area contributed by atoms with Crippen molar-refractivity contribution in [3.05, 3.63) is 35.4 Å². The SMILES string of the molecule is C[C@H](O)c1cccc(C(N)=O)c1. The van der Waals surface area contributed by atoms with Gasteiger partial charge in [0.15, 0.2) is 0 Å². The molecule has 1 aromatic rings. The van der Waals surface area contributed by atoms with E-state index in [1.807, 2.05) is 0 Å². The summed E-state index contributed by atoms with van der Waals surface area (Å²) in [5.74, 6) is -0.475. The fourth-order valence-electron chi connectivity index (χ4n) is 0.952. The van der Waals surface area contributed by atoms with E-state index in [-0.39, 0.29) is 0 Å². The van der Waals surface area contributed by atoms with E-state index in [4.69, 9.17) is 5.73 Å². The summed E-state index contributed by atoms with van der Waals surface area (Å²) in [6.07, 6.45) is -0.565. The minimum atomic E-state index is -0.565. The van der Waals surface area contributed by atoms with E-state index in [9.17, 15) is 9.90 Å². The Morgan fingerprint density at radius 2 is 2.25 bits per heavy atom. The van der Waals surface area contributed by atoms with E-state index in [0.717, 1.165) is 0 Å². The van der Waals surface area contributed by atoms with Crippen molar-refractivity contribution < 1.29 is 9.90 Å². The molecular weight excluding hydrogens is 154 g/mol. The van der Waals surface area contributed by atoms with Crippen LogP contribution >= 0.6 is 0 Å². The van der Waals surface area contributed by atoms with Gasteiger partial charge in [-0.25, -0.2) is 0 Å². The van der Waals surface area contributed by atoms with Crippen LogP contribution in [0.25, 0.3) is 0 Å². The molecule has 0 spiro atoms. The normalized spacial score (nSPS) is 12.5. The Hall–Kier alpha value is -1.35. The molecule has 1 rings (SSSR count). The summed E-state index contributed by atoms with van der Waals surface area (Å²) >= 11 is 0. The second-order valence-corrected chi connectivity index (χ2v) is 2.67. The lowest BCUT2D eigenvalue weighted by Gasteiger charge is -2.04. The Morgan fingerprint density at radius 3 is 2.75 bits per heavy atom. The molecule has 0 radical (unpaired) electrons. The van der Waals surface area contributed by atoms with Crippen molar-refractivity contribution in [2.45, 2.75) is 13.0 Å². The predicted octanol–water partition coefficient (Wildman–Crippen LogP) is 0.839. The molecule has 3 heteroatoms. The Kier molecular flexibility index (Phi) is 2.45. The number of rotatable bonds is 2. The fraction of sp³-hybridized carbons (Fsp3) is 0.222. The summed E-state index contributed by atoms with van der Waals surface area (Å²) in [4.78, 5) is 10.7. The van der Waals surface area contributed by atoms with Crippen molar-refractivity contribution in [2.24, 2.45) is 5.73 Å². The van der Waals surface area contributed by atoms with Crippen LogP contribution in [-0.2, 0) is 0 Å². The van der Waals surface area contributed by atoms with Gasteiger partial charge in [0.05, 0.1) is 6.10 Å². The van der Waals surface area contributed by atoms with Gasteiger partial charge in [-0.05, 0) is 24.6 Å². The van der Waals surface area contributed by atoms with Gasteiger partial charge in [0.25, 0.3) is 0 Å². The van der Waals surface area contributed by atoms with E-state index < -0.39 is 12.0 Å². The van der Waals surface area contributed by atoms with Crippen LogP contribution in [0.1, 0.15) is 28.9 Å². The van der Waals surface area contributed by atoms with Gasteiger partial charge in [-0.15, -0.1) is 0 Å². The van der Waals surface area contributed by atoms with Crippen LogP contribution < -0.4 is 5.73 Å². The molecule has 1 amide bonds. The van der Waals surface area contributed by atoms with Crippen molar-refractivity contribution in [2.75, 3.05) is 0 Å². The van der Waals surface area contributed by atoms with Crippen molar-refractivity contribution in [1.82, 2.24) is 0 Å². The van der Waals surface area contributed by atoms with Gasteiger partial charge in [-0.1, -0.05) is 12.1 Å². The maximum absolute atomic E-state index is 10.7. The average Bonchev–Trinajstić information content (AvgIpc) is 2.04. The highest BCUT2D eigenvalue weighted by Crippen LogP contribution is 2.12. The summed E-state index contributed by atoms with van der Waals surface area (Å²) in [6.45, 7) is 1.64. The molecule has 0 unspecified atom stereocenters. The molecule has 1 aromatic carbocycles. The second kappa shape index (κ2) is 3.36. The smallest absolute Gasteiger partial charge is 0.248 e. The molecule has 0 aliphatic heterocycles. The average molecular weight is 165 g/mol. The highest BCUT2D eigenvalue weighted by Gasteiger charge is 2.03. The zero-order valence-electron chi connectivity index (χ0n) is 6.82. The Morgan fingerprint density at radius 1 is 1.58 bits per heavy atom. The molecule has 0 saturated heterocycles. The number of nitrogens with two attached hydrogens (primary N) is 1. The second-order valence-electron chi connectivity index (χ2n) is 2.67. The fourth-order valence-corrected chi connectivity index (χ4v) is 0.952. The monoisotopic (exact) mass is 165 g/mol. The summed E-state index contributed by atoms with van der Waals surface area (Å²) in [7, 11) is 0. The minimum absolute atomic E-state index is 0.424. The van der Waals surface area contributed by atoms with Crippen LogP contribution in [0.15, 0.2) is 24.3 Å². The molecule has 0 bridgehead atoms. The number of hydrogen-bond donors (Lipinski definition) is 2. The molecule has 0 aromatic heterocycles. The van der Waals surface area contributed by atoms with Crippen LogP contribution in [-0.4, -0.2) is 11.0 Å². The zero-order valence-corrected chi connectivity index (χ0v) is 6.82. The summed E-state index contributed by atoms with van der Waals surface area (Å²) in [5.41, 5.74) is 6.19. The zero-order chi connectivity index (χ0) is 9.14. The number of hydrogen-bond acceptors (Lipinski definition) is 2. The lowest BCUT2D eigenvalue weighted by Crippen LogP contribution is -2.11. The maximum atomic E-state index is 10.7. The van der Waals surface area contributed by atoms with E-state index >= 15 is 0 Å². The third-order valence-electron chi connectivity index (χ3n) is 1.65. The molecule has 1 atom stereocenters. The van der Waals surface area contributed by atoms with Crippen LogP contribution in [0.2, 0.25) is 0 Å². The van der Waals surface area contributed by atoms with Gasteiger partial charge < -0.3 is 10.8 Å². The summed E-state index contributed by atoms with van der Waals surface area (Å²) in [5, 5.41) is 9.18. The van der Waals surface area contributed by atoms with Gasteiger partial charge >= 0.3 is 0 Å². The predicted molar refractivity (Wildman–Crippen MR) is 45.6 cm³/mol. The number of amides is 1. The quantitative estimate of drug-likeness (QED) is 0.682. The molecule has 0 heterocycles.